The van der Waals surface area contributed by atoms with Gasteiger partial charge in [0.15, 0.2) is 5.78 Å². The molecular weight excluding hydrogens is 162 g/mol. The van der Waals surface area contributed by atoms with Gasteiger partial charge in [-0.15, -0.1) is 0 Å². The molecule has 0 atom stereocenters. The number of ketones is 1. The summed E-state index contributed by atoms with van der Waals surface area (Å²) >= 11 is 0. The predicted octanol–water partition coefficient (Wildman–Crippen LogP) is 2.96. The Morgan fingerprint density at radius 3 is 2.46 bits per heavy atom. The van der Waals surface area contributed by atoms with Gasteiger partial charge in [-0.2, -0.15) is 0 Å². The maximum Gasteiger partial charge on any atom is 0.179 e. The Morgan fingerprint density at radius 1 is 1.31 bits per heavy atom. The zero-order valence-electron chi connectivity index (χ0n) is 8.44. The van der Waals surface area contributed by atoms with E-state index >= 15 is 0 Å². The largest absolute Gasteiger partial charge is 0.302 e. The van der Waals surface area contributed by atoms with Crippen LogP contribution in [0.4, 0.5) is 0 Å². The summed E-state index contributed by atoms with van der Waals surface area (Å²) in [4.78, 5) is 11.7. The molecule has 0 aromatic rings. The van der Waals surface area contributed by atoms with Crippen LogP contribution in [0.1, 0.15) is 51.9 Å². The molecule has 2 heteroatoms. The van der Waals surface area contributed by atoms with Crippen LogP contribution in [0, 0.1) is 11.3 Å². The van der Waals surface area contributed by atoms with Gasteiger partial charge in [0, 0.05) is 5.92 Å². The summed E-state index contributed by atoms with van der Waals surface area (Å²) in [5.41, 5.74) is 0.356. The highest BCUT2D eigenvalue weighted by Crippen LogP contribution is 2.24. The summed E-state index contributed by atoms with van der Waals surface area (Å²) < 4.78 is 0. The lowest BCUT2D eigenvalue weighted by atomic mass is 9.84. The molecule has 1 fully saturated rings. The van der Waals surface area contributed by atoms with Crippen LogP contribution in [0.25, 0.3) is 0 Å². The van der Waals surface area contributed by atoms with Crippen molar-refractivity contribution in [1.82, 2.24) is 0 Å². The molecule has 1 aliphatic carbocycles. The van der Waals surface area contributed by atoms with E-state index in [2.05, 4.69) is 0 Å². The molecule has 0 saturated heterocycles. The first-order valence-corrected chi connectivity index (χ1v) is 5.37. The zero-order valence-corrected chi connectivity index (χ0v) is 8.44. The van der Waals surface area contributed by atoms with Crippen molar-refractivity contribution in [3.05, 3.63) is 0 Å². The molecule has 0 radical (unpaired) electrons. The van der Waals surface area contributed by atoms with Crippen molar-refractivity contribution in [1.29, 1.82) is 5.41 Å². The number of carbonyl (C=O) groups is 1. The van der Waals surface area contributed by atoms with Crippen molar-refractivity contribution in [2.45, 2.75) is 51.9 Å². The number of Topliss-reactive ketones (excluding diaryl/α,β-unsaturated/α-hetero) is 1. The van der Waals surface area contributed by atoms with Crippen LogP contribution < -0.4 is 0 Å². The quantitative estimate of drug-likeness (QED) is 0.665. The molecule has 2 nitrogen and oxygen atoms in total. The third kappa shape index (κ3) is 2.94. The van der Waals surface area contributed by atoms with E-state index < -0.39 is 0 Å². The van der Waals surface area contributed by atoms with E-state index in [0.29, 0.717) is 12.1 Å². The van der Waals surface area contributed by atoms with Gasteiger partial charge in [-0.3, -0.25) is 4.79 Å². The Labute approximate surface area is 80.2 Å². The van der Waals surface area contributed by atoms with Gasteiger partial charge in [0.1, 0.15) is 0 Å². The van der Waals surface area contributed by atoms with Gasteiger partial charge in [-0.25, -0.2) is 0 Å². The van der Waals surface area contributed by atoms with Gasteiger partial charge in [0.25, 0.3) is 0 Å². The average molecular weight is 181 g/mol. The third-order valence-electron chi connectivity index (χ3n) is 2.77. The van der Waals surface area contributed by atoms with Gasteiger partial charge >= 0.3 is 0 Å². The van der Waals surface area contributed by atoms with Gasteiger partial charge in [0.2, 0.25) is 0 Å². The van der Waals surface area contributed by atoms with Crippen LogP contribution in [0.5, 0.6) is 0 Å². The highest BCUT2D eigenvalue weighted by molar-refractivity contribution is 6.39. The van der Waals surface area contributed by atoms with E-state index in [0.717, 1.165) is 19.3 Å². The molecule has 0 heterocycles. The van der Waals surface area contributed by atoms with Crippen LogP contribution in [0.15, 0.2) is 0 Å². The van der Waals surface area contributed by atoms with Crippen LogP contribution in [-0.4, -0.2) is 11.5 Å². The van der Waals surface area contributed by atoms with Crippen LogP contribution >= 0.6 is 0 Å². The number of carbonyl (C=O) groups excluding carboxylic acids is 1. The predicted molar refractivity (Wildman–Crippen MR) is 54.2 cm³/mol. The van der Waals surface area contributed by atoms with Crippen molar-refractivity contribution in [2.75, 3.05) is 0 Å². The Kier molecular flexibility index (Phi) is 4.13. The standard InChI is InChI=1S/C11H19NO/c1-2-6-10(12)11(13)9-7-4-3-5-8-9/h9,12H,2-8H2,1H3. The summed E-state index contributed by atoms with van der Waals surface area (Å²) in [7, 11) is 0. The van der Waals surface area contributed by atoms with E-state index in [-0.39, 0.29) is 11.7 Å². The molecule has 0 aliphatic heterocycles. The minimum absolute atomic E-state index is 0.126. The zero-order chi connectivity index (χ0) is 9.68. The molecule has 0 aromatic carbocycles. The van der Waals surface area contributed by atoms with E-state index in [9.17, 15) is 4.79 Å². The molecular formula is C11H19NO. The molecule has 0 amide bonds. The fourth-order valence-electron chi connectivity index (χ4n) is 1.98. The lowest BCUT2D eigenvalue weighted by Crippen LogP contribution is -2.24. The third-order valence-corrected chi connectivity index (χ3v) is 2.77. The van der Waals surface area contributed by atoms with Gasteiger partial charge in [0.05, 0.1) is 5.71 Å². The fraction of sp³-hybridized carbons (Fsp3) is 0.818. The van der Waals surface area contributed by atoms with Crippen molar-refractivity contribution in [3.63, 3.8) is 0 Å². The molecule has 0 spiro atoms. The molecule has 1 N–H and O–H groups in total. The number of hydrogen-bond donors (Lipinski definition) is 1. The summed E-state index contributed by atoms with van der Waals surface area (Å²) in [5.74, 6) is 0.314. The SMILES string of the molecule is CCCC(=N)C(=O)C1CCCCC1. The Bertz CT molecular complexity index is 192. The normalized spacial score (nSPS) is 18.5. The summed E-state index contributed by atoms with van der Waals surface area (Å²) in [6.07, 6.45) is 7.24. The van der Waals surface area contributed by atoms with E-state index in [4.69, 9.17) is 5.41 Å². The molecule has 1 rings (SSSR count). The molecule has 0 aromatic heterocycles. The van der Waals surface area contributed by atoms with Crippen LogP contribution in [-0.2, 0) is 4.79 Å². The second kappa shape index (κ2) is 5.15. The Hall–Kier alpha value is -0.660. The molecule has 1 aliphatic rings. The van der Waals surface area contributed by atoms with Crippen molar-refractivity contribution in [2.24, 2.45) is 5.92 Å². The molecule has 1 saturated carbocycles. The van der Waals surface area contributed by atoms with Crippen molar-refractivity contribution >= 4 is 11.5 Å². The summed E-state index contributed by atoms with van der Waals surface area (Å²) in [5, 5.41) is 7.58. The first kappa shape index (κ1) is 10.4. The minimum Gasteiger partial charge on any atom is -0.302 e. The van der Waals surface area contributed by atoms with E-state index in [1.807, 2.05) is 6.92 Å². The number of rotatable bonds is 4. The number of hydrogen-bond acceptors (Lipinski definition) is 2. The monoisotopic (exact) mass is 181 g/mol. The van der Waals surface area contributed by atoms with E-state index in [1.54, 1.807) is 0 Å². The fourth-order valence-corrected chi connectivity index (χ4v) is 1.98. The topological polar surface area (TPSA) is 40.9 Å². The van der Waals surface area contributed by atoms with Gasteiger partial charge < -0.3 is 5.41 Å². The Morgan fingerprint density at radius 2 is 1.92 bits per heavy atom. The molecule has 74 valence electrons. The lowest BCUT2D eigenvalue weighted by Gasteiger charge is -2.20. The second-order valence-electron chi connectivity index (χ2n) is 3.93. The highest BCUT2D eigenvalue weighted by atomic mass is 16.1. The maximum atomic E-state index is 11.7. The van der Waals surface area contributed by atoms with Crippen LogP contribution in [0.2, 0.25) is 0 Å². The first-order valence-electron chi connectivity index (χ1n) is 5.37. The van der Waals surface area contributed by atoms with Crippen LogP contribution in [0.3, 0.4) is 0 Å². The highest BCUT2D eigenvalue weighted by Gasteiger charge is 2.23. The second-order valence-corrected chi connectivity index (χ2v) is 3.93. The van der Waals surface area contributed by atoms with Crippen molar-refractivity contribution < 1.29 is 4.79 Å². The van der Waals surface area contributed by atoms with Crippen molar-refractivity contribution in [3.8, 4) is 0 Å². The Balaban J connectivity index is 2.40. The van der Waals surface area contributed by atoms with E-state index in [1.165, 1.54) is 19.3 Å². The van der Waals surface area contributed by atoms with Gasteiger partial charge in [-0.1, -0.05) is 32.6 Å². The average Bonchev–Trinajstić information content (AvgIpc) is 2.18. The van der Waals surface area contributed by atoms with Gasteiger partial charge in [-0.05, 0) is 19.3 Å². The molecule has 0 unspecified atom stereocenters. The maximum absolute atomic E-state index is 11.7. The number of nitrogens with one attached hydrogen (secondary N) is 1. The smallest absolute Gasteiger partial charge is 0.179 e. The molecule has 13 heavy (non-hydrogen) atoms. The first-order chi connectivity index (χ1) is 6.25. The minimum atomic E-state index is 0.126. The molecule has 0 bridgehead atoms. The summed E-state index contributed by atoms with van der Waals surface area (Å²) in [6, 6.07) is 0. The summed E-state index contributed by atoms with van der Waals surface area (Å²) in [6.45, 7) is 2.02. The lowest BCUT2D eigenvalue weighted by molar-refractivity contribution is -0.117.